The van der Waals surface area contributed by atoms with Crippen LogP contribution in [0.15, 0.2) is 30.5 Å². The zero-order valence-corrected chi connectivity index (χ0v) is 11.0. The van der Waals surface area contributed by atoms with Crippen LogP contribution in [-0.4, -0.2) is 30.6 Å². The van der Waals surface area contributed by atoms with Crippen molar-refractivity contribution < 1.29 is 9.53 Å². The summed E-state index contributed by atoms with van der Waals surface area (Å²) in [5.74, 6) is -0.161. The lowest BCUT2D eigenvalue weighted by Gasteiger charge is -2.12. The molecule has 5 nitrogen and oxygen atoms in total. The number of carbonyl (C=O) groups excluding carboxylic acids is 1. The van der Waals surface area contributed by atoms with E-state index in [2.05, 4.69) is 10.3 Å². The number of H-pyrrole nitrogens is 1. The molecular weight excluding hydrogens is 242 g/mol. The Bertz CT molecular complexity index is 550. The Balaban J connectivity index is 1.93. The predicted molar refractivity (Wildman–Crippen MR) is 76.0 cm³/mol. The number of nitrogens with two attached hydrogens (primary N) is 1. The highest BCUT2D eigenvalue weighted by Crippen LogP contribution is 2.18. The molecule has 2 aromatic rings. The van der Waals surface area contributed by atoms with Crippen molar-refractivity contribution in [3.63, 3.8) is 0 Å². The third-order valence-electron chi connectivity index (χ3n) is 3.02. The number of fused-ring (bicyclic) bond motifs is 1. The van der Waals surface area contributed by atoms with Crippen LogP contribution in [0.2, 0.25) is 0 Å². The van der Waals surface area contributed by atoms with Gasteiger partial charge >= 0.3 is 0 Å². The van der Waals surface area contributed by atoms with Gasteiger partial charge in [-0.2, -0.15) is 0 Å². The lowest BCUT2D eigenvalue weighted by Crippen LogP contribution is -2.35. The first-order valence-corrected chi connectivity index (χ1v) is 6.33. The van der Waals surface area contributed by atoms with Crippen LogP contribution < -0.4 is 11.1 Å². The molecule has 1 unspecified atom stereocenters. The largest absolute Gasteiger partial charge is 0.385 e. The van der Waals surface area contributed by atoms with E-state index in [0.29, 0.717) is 13.0 Å². The molecule has 0 spiro atoms. The maximum absolute atomic E-state index is 11.9. The minimum atomic E-state index is -0.503. The van der Waals surface area contributed by atoms with Gasteiger partial charge in [-0.3, -0.25) is 4.79 Å². The van der Waals surface area contributed by atoms with Crippen LogP contribution in [0.1, 0.15) is 12.8 Å². The quantitative estimate of drug-likeness (QED) is 0.694. The molecule has 0 aliphatic rings. The van der Waals surface area contributed by atoms with Crippen molar-refractivity contribution in [3.8, 4) is 0 Å². The van der Waals surface area contributed by atoms with Gasteiger partial charge in [-0.15, -0.1) is 0 Å². The zero-order valence-electron chi connectivity index (χ0n) is 11.0. The number of rotatable bonds is 6. The van der Waals surface area contributed by atoms with Crippen molar-refractivity contribution in [2.24, 2.45) is 5.73 Å². The van der Waals surface area contributed by atoms with Crippen molar-refractivity contribution in [1.29, 1.82) is 0 Å². The van der Waals surface area contributed by atoms with Gasteiger partial charge in [0.1, 0.15) is 0 Å². The van der Waals surface area contributed by atoms with Crippen LogP contribution in [0.3, 0.4) is 0 Å². The van der Waals surface area contributed by atoms with Crippen LogP contribution >= 0.6 is 0 Å². The summed E-state index contributed by atoms with van der Waals surface area (Å²) in [6.07, 6.45) is 3.26. The van der Waals surface area contributed by atoms with Crippen molar-refractivity contribution in [3.05, 3.63) is 30.5 Å². The molecular formula is C14H19N3O2. The van der Waals surface area contributed by atoms with E-state index in [1.807, 2.05) is 30.5 Å². The Labute approximate surface area is 112 Å². The molecule has 1 amide bonds. The molecule has 0 saturated carbocycles. The van der Waals surface area contributed by atoms with E-state index in [0.717, 1.165) is 23.0 Å². The topological polar surface area (TPSA) is 80.1 Å². The summed E-state index contributed by atoms with van der Waals surface area (Å²) >= 11 is 0. The number of benzene rings is 1. The molecule has 0 fully saturated rings. The Morgan fingerprint density at radius 3 is 3.11 bits per heavy atom. The number of methoxy groups -OCH3 is 1. The third-order valence-corrected chi connectivity index (χ3v) is 3.02. The van der Waals surface area contributed by atoms with E-state index in [9.17, 15) is 4.79 Å². The molecule has 0 aliphatic carbocycles. The van der Waals surface area contributed by atoms with Crippen LogP contribution in [0.25, 0.3) is 10.9 Å². The summed E-state index contributed by atoms with van der Waals surface area (Å²) in [4.78, 5) is 15.0. The van der Waals surface area contributed by atoms with Gasteiger partial charge in [0.05, 0.1) is 6.04 Å². The Kier molecular flexibility index (Phi) is 4.54. The number of anilines is 1. The first kappa shape index (κ1) is 13.6. The van der Waals surface area contributed by atoms with Crippen molar-refractivity contribution in [2.75, 3.05) is 19.0 Å². The summed E-state index contributed by atoms with van der Waals surface area (Å²) in [6.45, 7) is 0.621. The van der Waals surface area contributed by atoms with Crippen molar-refractivity contribution >= 4 is 22.5 Å². The minimum Gasteiger partial charge on any atom is -0.385 e. The Hall–Kier alpha value is -1.85. The Morgan fingerprint density at radius 2 is 2.32 bits per heavy atom. The summed E-state index contributed by atoms with van der Waals surface area (Å²) in [5.41, 5.74) is 7.63. The average molecular weight is 261 g/mol. The first-order valence-electron chi connectivity index (χ1n) is 6.33. The number of hydrogen-bond acceptors (Lipinski definition) is 3. The van der Waals surface area contributed by atoms with Gasteiger partial charge in [-0.05, 0) is 37.1 Å². The number of aromatic amines is 1. The maximum Gasteiger partial charge on any atom is 0.241 e. The second-order valence-electron chi connectivity index (χ2n) is 4.51. The molecule has 1 atom stereocenters. The maximum atomic E-state index is 11.9. The van der Waals surface area contributed by atoms with Crippen LogP contribution in [0, 0.1) is 0 Å². The molecule has 0 saturated heterocycles. The second kappa shape index (κ2) is 6.36. The van der Waals surface area contributed by atoms with Gasteiger partial charge in [0, 0.05) is 36.5 Å². The lowest BCUT2D eigenvalue weighted by atomic mass is 10.1. The SMILES string of the molecule is COCCCC(N)C(=O)Nc1ccc2[nH]ccc2c1. The number of nitrogens with one attached hydrogen (secondary N) is 2. The molecule has 102 valence electrons. The summed E-state index contributed by atoms with van der Waals surface area (Å²) in [5, 5.41) is 3.89. The highest BCUT2D eigenvalue weighted by atomic mass is 16.5. The molecule has 0 radical (unpaired) electrons. The highest BCUT2D eigenvalue weighted by Gasteiger charge is 2.13. The van der Waals surface area contributed by atoms with Gasteiger partial charge in [0.25, 0.3) is 0 Å². The molecule has 0 bridgehead atoms. The van der Waals surface area contributed by atoms with Crippen molar-refractivity contribution in [1.82, 2.24) is 4.98 Å². The Morgan fingerprint density at radius 1 is 1.47 bits per heavy atom. The standard InChI is InChI=1S/C14H19N3O2/c1-19-8-2-3-12(15)14(18)17-11-4-5-13-10(9-11)6-7-16-13/h4-7,9,12,16H,2-3,8,15H2,1H3,(H,17,18). The number of ether oxygens (including phenoxy) is 1. The fourth-order valence-corrected chi connectivity index (χ4v) is 1.94. The molecule has 19 heavy (non-hydrogen) atoms. The minimum absolute atomic E-state index is 0.161. The number of amides is 1. The molecule has 1 heterocycles. The third kappa shape index (κ3) is 3.56. The molecule has 5 heteroatoms. The van der Waals surface area contributed by atoms with E-state index in [1.54, 1.807) is 7.11 Å². The van der Waals surface area contributed by atoms with Gasteiger partial charge in [-0.25, -0.2) is 0 Å². The molecule has 1 aromatic heterocycles. The van der Waals surface area contributed by atoms with Crippen LogP contribution in [0.5, 0.6) is 0 Å². The van der Waals surface area contributed by atoms with E-state index >= 15 is 0 Å². The monoisotopic (exact) mass is 261 g/mol. The summed E-state index contributed by atoms with van der Waals surface area (Å²) < 4.78 is 4.94. The van der Waals surface area contributed by atoms with Crippen LogP contribution in [0.4, 0.5) is 5.69 Å². The van der Waals surface area contributed by atoms with Crippen molar-refractivity contribution in [2.45, 2.75) is 18.9 Å². The number of carbonyl (C=O) groups is 1. The number of hydrogen-bond donors (Lipinski definition) is 3. The van der Waals surface area contributed by atoms with E-state index < -0.39 is 6.04 Å². The second-order valence-corrected chi connectivity index (χ2v) is 4.51. The summed E-state index contributed by atoms with van der Waals surface area (Å²) in [7, 11) is 1.64. The molecule has 0 aliphatic heterocycles. The van der Waals surface area contributed by atoms with E-state index in [-0.39, 0.29) is 5.91 Å². The average Bonchev–Trinajstić information content (AvgIpc) is 2.86. The smallest absolute Gasteiger partial charge is 0.241 e. The lowest BCUT2D eigenvalue weighted by molar-refractivity contribution is -0.117. The van der Waals surface area contributed by atoms with Gasteiger partial charge < -0.3 is 20.8 Å². The first-order chi connectivity index (χ1) is 9.20. The summed E-state index contributed by atoms with van der Waals surface area (Å²) in [6, 6.07) is 7.17. The highest BCUT2D eigenvalue weighted by molar-refractivity contribution is 5.96. The fraction of sp³-hybridized carbons (Fsp3) is 0.357. The van der Waals surface area contributed by atoms with Crippen LogP contribution in [-0.2, 0) is 9.53 Å². The van der Waals surface area contributed by atoms with Gasteiger partial charge in [0.15, 0.2) is 0 Å². The normalized spacial score (nSPS) is 12.5. The number of aromatic nitrogens is 1. The van der Waals surface area contributed by atoms with E-state index in [4.69, 9.17) is 10.5 Å². The molecule has 2 rings (SSSR count). The molecule has 4 N–H and O–H groups in total. The zero-order chi connectivity index (χ0) is 13.7. The van der Waals surface area contributed by atoms with Gasteiger partial charge in [-0.1, -0.05) is 0 Å². The van der Waals surface area contributed by atoms with Gasteiger partial charge in [0.2, 0.25) is 5.91 Å². The fourth-order valence-electron chi connectivity index (χ4n) is 1.94. The van der Waals surface area contributed by atoms with E-state index in [1.165, 1.54) is 0 Å². The predicted octanol–water partition coefficient (Wildman–Crippen LogP) is 1.86. The molecule has 1 aromatic carbocycles.